The number of guanidine groups is 1. The van der Waals surface area contributed by atoms with Crippen LogP contribution in [-0.4, -0.2) is 44.3 Å². The summed E-state index contributed by atoms with van der Waals surface area (Å²) >= 11 is 0. The van der Waals surface area contributed by atoms with Crippen molar-refractivity contribution in [2.75, 3.05) is 32.1 Å². The molecule has 1 aromatic rings. The van der Waals surface area contributed by atoms with Crippen LogP contribution < -0.4 is 15.5 Å². The van der Waals surface area contributed by atoms with E-state index in [0.29, 0.717) is 19.0 Å². The number of hydrogen-bond donors (Lipinski definition) is 2. The molecule has 1 aromatic heterocycles. The molecule has 0 saturated heterocycles. The highest BCUT2D eigenvalue weighted by molar-refractivity contribution is 5.79. The van der Waals surface area contributed by atoms with Gasteiger partial charge in [-0.15, -0.1) is 0 Å². The van der Waals surface area contributed by atoms with E-state index in [1.54, 1.807) is 6.20 Å². The van der Waals surface area contributed by atoms with Crippen LogP contribution in [0.2, 0.25) is 0 Å². The second-order valence-electron chi connectivity index (χ2n) is 4.87. The first-order chi connectivity index (χ1) is 10.3. The van der Waals surface area contributed by atoms with Crippen molar-refractivity contribution in [3.8, 4) is 0 Å². The van der Waals surface area contributed by atoms with Gasteiger partial charge in [0.25, 0.3) is 0 Å². The first-order valence-electron chi connectivity index (χ1n) is 7.03. The van der Waals surface area contributed by atoms with Gasteiger partial charge in [-0.1, -0.05) is 6.07 Å². The molecule has 1 heterocycles. The minimum absolute atomic E-state index is 0.205. The van der Waals surface area contributed by atoms with Crippen molar-refractivity contribution < 1.29 is 13.2 Å². The standard InChI is InChI=1S/C14H22F3N5/c1-4-18-13(20-9-7-14(15,16)17)21-10-11-6-5-8-19-12(11)22(2)3/h5-6,8H,4,7,9-10H2,1-3H3,(H2,18,20,21). The summed E-state index contributed by atoms with van der Waals surface area (Å²) in [6, 6.07) is 3.70. The van der Waals surface area contributed by atoms with Gasteiger partial charge in [-0.2, -0.15) is 13.2 Å². The highest BCUT2D eigenvalue weighted by atomic mass is 19.4. The van der Waals surface area contributed by atoms with Crippen molar-refractivity contribution in [3.63, 3.8) is 0 Å². The number of rotatable bonds is 6. The van der Waals surface area contributed by atoms with Crippen LogP contribution in [0.3, 0.4) is 0 Å². The van der Waals surface area contributed by atoms with Gasteiger partial charge in [0.2, 0.25) is 0 Å². The van der Waals surface area contributed by atoms with Gasteiger partial charge in [0, 0.05) is 38.9 Å². The summed E-state index contributed by atoms with van der Waals surface area (Å²) in [7, 11) is 3.75. The van der Waals surface area contributed by atoms with E-state index in [0.717, 1.165) is 11.4 Å². The molecular formula is C14H22F3N5. The van der Waals surface area contributed by atoms with Gasteiger partial charge in [-0.25, -0.2) is 9.98 Å². The average molecular weight is 317 g/mol. The van der Waals surface area contributed by atoms with Crippen LogP contribution >= 0.6 is 0 Å². The third-order valence-corrected chi connectivity index (χ3v) is 2.74. The zero-order valence-electron chi connectivity index (χ0n) is 13.0. The van der Waals surface area contributed by atoms with Crippen LogP contribution in [0.25, 0.3) is 0 Å². The fourth-order valence-electron chi connectivity index (χ4n) is 1.78. The van der Waals surface area contributed by atoms with Crippen molar-refractivity contribution in [1.82, 2.24) is 15.6 Å². The Hall–Kier alpha value is -1.99. The third-order valence-electron chi connectivity index (χ3n) is 2.74. The molecule has 0 amide bonds. The highest BCUT2D eigenvalue weighted by Gasteiger charge is 2.26. The van der Waals surface area contributed by atoms with Crippen molar-refractivity contribution in [2.24, 2.45) is 4.99 Å². The number of hydrogen-bond acceptors (Lipinski definition) is 3. The molecule has 0 aliphatic rings. The molecule has 0 radical (unpaired) electrons. The Bertz CT molecular complexity index is 486. The van der Waals surface area contributed by atoms with E-state index < -0.39 is 12.6 Å². The number of anilines is 1. The summed E-state index contributed by atoms with van der Waals surface area (Å²) in [5.74, 6) is 1.15. The summed E-state index contributed by atoms with van der Waals surface area (Å²) in [4.78, 5) is 10.4. The lowest BCUT2D eigenvalue weighted by Gasteiger charge is -2.16. The van der Waals surface area contributed by atoms with E-state index in [4.69, 9.17) is 0 Å². The van der Waals surface area contributed by atoms with E-state index >= 15 is 0 Å². The first-order valence-corrected chi connectivity index (χ1v) is 7.03. The second kappa shape index (κ2) is 8.45. The predicted octanol–water partition coefficient (Wildman–Crippen LogP) is 2.16. The topological polar surface area (TPSA) is 52.6 Å². The number of alkyl halides is 3. The minimum Gasteiger partial charge on any atom is -0.362 e. The SMILES string of the molecule is CCNC(=NCc1cccnc1N(C)C)NCCC(F)(F)F. The summed E-state index contributed by atoms with van der Waals surface area (Å²) in [5, 5.41) is 5.61. The summed E-state index contributed by atoms with van der Waals surface area (Å²) < 4.78 is 36.5. The molecule has 0 aromatic carbocycles. The molecule has 0 spiro atoms. The minimum atomic E-state index is -4.17. The van der Waals surface area contributed by atoms with E-state index in [-0.39, 0.29) is 6.54 Å². The van der Waals surface area contributed by atoms with E-state index in [1.165, 1.54) is 0 Å². The Balaban J connectivity index is 2.70. The van der Waals surface area contributed by atoms with Crippen molar-refractivity contribution in [1.29, 1.82) is 0 Å². The zero-order valence-corrected chi connectivity index (χ0v) is 13.0. The third kappa shape index (κ3) is 6.64. The lowest BCUT2D eigenvalue weighted by atomic mass is 10.2. The predicted molar refractivity (Wildman–Crippen MR) is 82.1 cm³/mol. The maximum atomic E-state index is 12.2. The lowest BCUT2D eigenvalue weighted by Crippen LogP contribution is -2.38. The number of nitrogens with zero attached hydrogens (tertiary/aromatic N) is 3. The number of aromatic nitrogens is 1. The fourth-order valence-corrected chi connectivity index (χ4v) is 1.78. The van der Waals surface area contributed by atoms with Crippen LogP contribution in [-0.2, 0) is 6.54 Å². The first kappa shape index (κ1) is 18.1. The molecule has 1 rings (SSSR count). The van der Waals surface area contributed by atoms with Gasteiger partial charge < -0.3 is 15.5 Å². The number of nitrogens with one attached hydrogen (secondary N) is 2. The Morgan fingerprint density at radius 3 is 2.64 bits per heavy atom. The Kier molecular flexibility index (Phi) is 6.94. The Labute approximate surface area is 128 Å². The molecule has 5 nitrogen and oxygen atoms in total. The molecule has 124 valence electrons. The molecule has 2 N–H and O–H groups in total. The second-order valence-corrected chi connectivity index (χ2v) is 4.87. The van der Waals surface area contributed by atoms with E-state index in [9.17, 15) is 13.2 Å². The Morgan fingerprint density at radius 1 is 1.32 bits per heavy atom. The molecule has 0 saturated carbocycles. The van der Waals surface area contributed by atoms with E-state index in [2.05, 4.69) is 20.6 Å². The fraction of sp³-hybridized carbons (Fsp3) is 0.571. The molecule has 0 aliphatic carbocycles. The highest BCUT2D eigenvalue weighted by Crippen LogP contribution is 2.18. The summed E-state index contributed by atoms with van der Waals surface area (Å²) in [6.45, 7) is 2.56. The smallest absolute Gasteiger partial charge is 0.362 e. The van der Waals surface area contributed by atoms with Crippen LogP contribution in [0.1, 0.15) is 18.9 Å². The lowest BCUT2D eigenvalue weighted by molar-refractivity contribution is -0.132. The van der Waals surface area contributed by atoms with Gasteiger partial charge >= 0.3 is 6.18 Å². The number of halogens is 3. The maximum Gasteiger partial charge on any atom is 0.390 e. The molecule has 22 heavy (non-hydrogen) atoms. The average Bonchev–Trinajstić information content (AvgIpc) is 2.43. The van der Waals surface area contributed by atoms with Gasteiger partial charge in [0.05, 0.1) is 13.0 Å². The maximum absolute atomic E-state index is 12.2. The summed E-state index contributed by atoms with van der Waals surface area (Å²) in [6.07, 6.45) is -3.38. The van der Waals surface area contributed by atoms with Gasteiger partial charge in [-0.05, 0) is 13.0 Å². The monoisotopic (exact) mass is 317 g/mol. The molecule has 0 fully saturated rings. The van der Waals surface area contributed by atoms with Crippen LogP contribution in [0.5, 0.6) is 0 Å². The number of pyridine rings is 1. The van der Waals surface area contributed by atoms with Gasteiger partial charge in [0.15, 0.2) is 5.96 Å². The molecule has 0 atom stereocenters. The van der Waals surface area contributed by atoms with Crippen molar-refractivity contribution >= 4 is 11.8 Å². The van der Waals surface area contributed by atoms with Crippen LogP contribution in [0.15, 0.2) is 23.3 Å². The van der Waals surface area contributed by atoms with Crippen LogP contribution in [0.4, 0.5) is 19.0 Å². The largest absolute Gasteiger partial charge is 0.390 e. The molecule has 0 unspecified atom stereocenters. The molecule has 0 bridgehead atoms. The normalized spacial score (nSPS) is 12.2. The molecule has 8 heteroatoms. The number of aliphatic imine (C=N–C) groups is 1. The van der Waals surface area contributed by atoms with Crippen molar-refractivity contribution in [2.45, 2.75) is 26.1 Å². The quantitative estimate of drug-likeness (QED) is 0.623. The van der Waals surface area contributed by atoms with Gasteiger partial charge in [0.1, 0.15) is 5.82 Å². The van der Waals surface area contributed by atoms with Crippen LogP contribution in [0, 0.1) is 0 Å². The Morgan fingerprint density at radius 2 is 2.05 bits per heavy atom. The summed E-state index contributed by atoms with van der Waals surface area (Å²) in [5.41, 5.74) is 0.903. The molecular weight excluding hydrogens is 295 g/mol. The van der Waals surface area contributed by atoms with Gasteiger partial charge in [-0.3, -0.25) is 0 Å². The zero-order chi connectivity index (χ0) is 16.6. The van der Waals surface area contributed by atoms with E-state index in [1.807, 2.05) is 38.1 Å². The molecule has 0 aliphatic heterocycles. The van der Waals surface area contributed by atoms with Crippen molar-refractivity contribution in [3.05, 3.63) is 23.9 Å².